The third-order valence-electron chi connectivity index (χ3n) is 3.87. The number of nitrogens with one attached hydrogen (secondary N) is 2. The summed E-state index contributed by atoms with van der Waals surface area (Å²) in [7, 11) is 0. The monoisotopic (exact) mass is 309 g/mol. The zero-order valence-electron chi connectivity index (χ0n) is 13.0. The molecule has 2 N–H and O–H groups in total. The van der Waals surface area contributed by atoms with Crippen LogP contribution in [0.1, 0.15) is 6.92 Å². The van der Waals surface area contributed by atoms with Gasteiger partial charge in [-0.2, -0.15) is 0 Å². The van der Waals surface area contributed by atoms with Crippen LogP contribution in [0.25, 0.3) is 11.1 Å². The standard InChI is InChI=1S/C18H19N3O2/c1-13(17(22)21-12-11-19-18(21)23)20-16-9-7-15(8-10-16)14-5-3-2-4-6-14/h2-10,13,20H,11-12H2,1H3,(H,19,23). The first kappa shape index (κ1) is 15.1. The molecular formula is C18H19N3O2. The van der Waals surface area contributed by atoms with E-state index >= 15 is 0 Å². The Morgan fingerprint density at radius 3 is 2.35 bits per heavy atom. The smallest absolute Gasteiger partial charge is 0.324 e. The zero-order valence-corrected chi connectivity index (χ0v) is 13.0. The van der Waals surface area contributed by atoms with E-state index in [2.05, 4.69) is 22.8 Å². The summed E-state index contributed by atoms with van der Waals surface area (Å²) < 4.78 is 0. The van der Waals surface area contributed by atoms with E-state index in [0.29, 0.717) is 13.1 Å². The van der Waals surface area contributed by atoms with Crippen LogP contribution in [-0.2, 0) is 4.79 Å². The van der Waals surface area contributed by atoms with Gasteiger partial charge in [0.05, 0.1) is 0 Å². The Hall–Kier alpha value is -2.82. The van der Waals surface area contributed by atoms with Crippen LogP contribution in [0, 0.1) is 0 Å². The van der Waals surface area contributed by atoms with E-state index in [1.54, 1.807) is 6.92 Å². The van der Waals surface area contributed by atoms with Gasteiger partial charge in [0.1, 0.15) is 6.04 Å². The molecule has 1 aliphatic heterocycles. The minimum atomic E-state index is -0.457. The van der Waals surface area contributed by atoms with Gasteiger partial charge in [0.2, 0.25) is 0 Å². The molecule has 1 aliphatic rings. The fourth-order valence-corrected chi connectivity index (χ4v) is 2.62. The summed E-state index contributed by atoms with van der Waals surface area (Å²) in [4.78, 5) is 25.0. The van der Waals surface area contributed by atoms with Crippen molar-refractivity contribution in [2.45, 2.75) is 13.0 Å². The number of hydrogen-bond acceptors (Lipinski definition) is 3. The maximum atomic E-state index is 12.3. The number of amides is 3. The van der Waals surface area contributed by atoms with Gasteiger partial charge >= 0.3 is 6.03 Å². The van der Waals surface area contributed by atoms with E-state index in [1.165, 1.54) is 4.90 Å². The van der Waals surface area contributed by atoms with Gasteiger partial charge in [0.25, 0.3) is 5.91 Å². The second-order valence-electron chi connectivity index (χ2n) is 5.53. The molecule has 5 heteroatoms. The zero-order chi connectivity index (χ0) is 16.2. The Morgan fingerprint density at radius 1 is 1.09 bits per heavy atom. The van der Waals surface area contributed by atoms with Gasteiger partial charge in [0, 0.05) is 18.8 Å². The largest absolute Gasteiger partial charge is 0.374 e. The highest BCUT2D eigenvalue weighted by Gasteiger charge is 2.29. The molecule has 1 unspecified atom stereocenters. The van der Waals surface area contributed by atoms with Gasteiger partial charge in [-0.3, -0.25) is 9.69 Å². The fourth-order valence-electron chi connectivity index (χ4n) is 2.62. The van der Waals surface area contributed by atoms with Crippen LogP contribution in [0.5, 0.6) is 0 Å². The summed E-state index contributed by atoms with van der Waals surface area (Å²) in [6.07, 6.45) is 0. The van der Waals surface area contributed by atoms with Crippen LogP contribution < -0.4 is 10.6 Å². The second kappa shape index (κ2) is 6.52. The number of carbonyl (C=O) groups is 2. The summed E-state index contributed by atoms with van der Waals surface area (Å²) in [5, 5.41) is 5.78. The third kappa shape index (κ3) is 3.34. The molecule has 23 heavy (non-hydrogen) atoms. The highest BCUT2D eigenvalue weighted by atomic mass is 16.2. The summed E-state index contributed by atoms with van der Waals surface area (Å²) in [6.45, 7) is 2.71. The van der Waals surface area contributed by atoms with E-state index in [-0.39, 0.29) is 11.9 Å². The number of rotatable bonds is 4. The molecule has 1 fully saturated rings. The van der Waals surface area contributed by atoms with Gasteiger partial charge in [0.15, 0.2) is 0 Å². The van der Waals surface area contributed by atoms with E-state index < -0.39 is 6.04 Å². The van der Waals surface area contributed by atoms with Gasteiger partial charge in [-0.15, -0.1) is 0 Å². The van der Waals surface area contributed by atoms with Crippen LogP contribution in [0.4, 0.5) is 10.5 Å². The lowest BCUT2D eigenvalue weighted by Gasteiger charge is -2.19. The Balaban J connectivity index is 1.66. The Labute approximate surface area is 135 Å². The van der Waals surface area contributed by atoms with Crippen LogP contribution in [-0.4, -0.2) is 36.0 Å². The molecule has 118 valence electrons. The van der Waals surface area contributed by atoms with Crippen molar-refractivity contribution in [3.63, 3.8) is 0 Å². The number of benzene rings is 2. The SMILES string of the molecule is CC(Nc1ccc(-c2ccccc2)cc1)C(=O)N1CCNC1=O. The molecule has 0 bridgehead atoms. The lowest BCUT2D eigenvalue weighted by atomic mass is 10.1. The molecule has 3 rings (SSSR count). The van der Waals surface area contributed by atoms with Gasteiger partial charge in [-0.1, -0.05) is 42.5 Å². The lowest BCUT2D eigenvalue weighted by molar-refractivity contribution is -0.128. The normalized spacial score (nSPS) is 15.2. The molecule has 3 amide bonds. The molecule has 0 aromatic heterocycles. The van der Waals surface area contributed by atoms with E-state index in [9.17, 15) is 9.59 Å². The summed E-state index contributed by atoms with van der Waals surface area (Å²) in [5.41, 5.74) is 3.12. The number of hydrogen-bond donors (Lipinski definition) is 2. The van der Waals surface area contributed by atoms with Crippen molar-refractivity contribution >= 4 is 17.6 Å². The molecule has 1 heterocycles. The molecule has 0 aliphatic carbocycles. The Bertz CT molecular complexity index is 698. The van der Waals surface area contributed by atoms with Gasteiger partial charge in [-0.05, 0) is 30.2 Å². The lowest BCUT2D eigenvalue weighted by Crippen LogP contribution is -2.43. The molecule has 0 radical (unpaired) electrons. The number of anilines is 1. The first-order valence-corrected chi connectivity index (χ1v) is 7.66. The second-order valence-corrected chi connectivity index (χ2v) is 5.53. The van der Waals surface area contributed by atoms with Crippen LogP contribution in [0.3, 0.4) is 0 Å². The third-order valence-corrected chi connectivity index (χ3v) is 3.87. The maximum absolute atomic E-state index is 12.3. The van der Waals surface area contributed by atoms with E-state index in [0.717, 1.165) is 16.8 Å². The first-order valence-electron chi connectivity index (χ1n) is 7.66. The van der Waals surface area contributed by atoms with Crippen molar-refractivity contribution in [3.8, 4) is 11.1 Å². The quantitative estimate of drug-likeness (QED) is 0.913. The summed E-state index contributed by atoms with van der Waals surface area (Å²) in [6, 6.07) is 17.2. The highest BCUT2D eigenvalue weighted by molar-refractivity contribution is 5.99. The highest BCUT2D eigenvalue weighted by Crippen LogP contribution is 2.21. The minimum Gasteiger partial charge on any atom is -0.374 e. The topological polar surface area (TPSA) is 61.4 Å². The van der Waals surface area contributed by atoms with Crippen molar-refractivity contribution in [3.05, 3.63) is 54.6 Å². The average Bonchev–Trinajstić information content (AvgIpc) is 3.01. The minimum absolute atomic E-state index is 0.216. The number of nitrogens with zero attached hydrogens (tertiary/aromatic N) is 1. The predicted octanol–water partition coefficient (Wildman–Crippen LogP) is 2.71. The van der Waals surface area contributed by atoms with Crippen molar-refractivity contribution in [1.29, 1.82) is 0 Å². The molecule has 0 spiro atoms. The summed E-state index contributed by atoms with van der Waals surface area (Å²) in [5.74, 6) is -0.216. The maximum Gasteiger partial charge on any atom is 0.324 e. The van der Waals surface area contributed by atoms with Gasteiger partial charge in [-0.25, -0.2) is 4.79 Å². The van der Waals surface area contributed by atoms with Crippen molar-refractivity contribution in [1.82, 2.24) is 10.2 Å². The molecule has 1 saturated heterocycles. The van der Waals surface area contributed by atoms with Crippen LogP contribution in [0.15, 0.2) is 54.6 Å². The first-order chi connectivity index (χ1) is 11.1. The number of imide groups is 1. The average molecular weight is 309 g/mol. The van der Waals surface area contributed by atoms with Gasteiger partial charge < -0.3 is 10.6 Å². The molecular weight excluding hydrogens is 290 g/mol. The molecule has 5 nitrogen and oxygen atoms in total. The fraction of sp³-hybridized carbons (Fsp3) is 0.222. The molecule has 2 aromatic rings. The van der Waals surface area contributed by atoms with Crippen molar-refractivity contribution in [2.24, 2.45) is 0 Å². The Kier molecular flexibility index (Phi) is 4.28. The number of carbonyl (C=O) groups excluding carboxylic acids is 2. The van der Waals surface area contributed by atoms with Crippen molar-refractivity contribution < 1.29 is 9.59 Å². The van der Waals surface area contributed by atoms with Crippen LogP contribution in [0.2, 0.25) is 0 Å². The van der Waals surface area contributed by atoms with E-state index in [1.807, 2.05) is 42.5 Å². The van der Waals surface area contributed by atoms with Crippen LogP contribution >= 0.6 is 0 Å². The molecule has 0 saturated carbocycles. The molecule has 1 atom stereocenters. The predicted molar refractivity (Wildman–Crippen MR) is 90.1 cm³/mol. The Morgan fingerprint density at radius 2 is 1.74 bits per heavy atom. The number of urea groups is 1. The summed E-state index contributed by atoms with van der Waals surface area (Å²) >= 11 is 0. The van der Waals surface area contributed by atoms with E-state index in [4.69, 9.17) is 0 Å². The van der Waals surface area contributed by atoms with Crippen molar-refractivity contribution in [2.75, 3.05) is 18.4 Å². The molecule has 2 aromatic carbocycles.